The molecule has 0 aliphatic rings. The van der Waals surface area contributed by atoms with E-state index in [1.54, 1.807) is 22.6 Å². The van der Waals surface area contributed by atoms with Gasteiger partial charge in [-0.3, -0.25) is 4.40 Å². The number of carbonyl (C=O) groups is 1. The Bertz CT molecular complexity index is 899. The molecule has 7 heteroatoms. The fourth-order valence-electron chi connectivity index (χ4n) is 2.52. The molecule has 1 N–H and O–H groups in total. The number of carboxylic acid groups (broad SMARTS) is 1. The predicted octanol–water partition coefficient (Wildman–Crippen LogP) is 4.94. The van der Waals surface area contributed by atoms with E-state index in [2.05, 4.69) is 4.98 Å². The van der Waals surface area contributed by atoms with Gasteiger partial charge in [0, 0.05) is 15.5 Å². The molecule has 3 aromatic rings. The molecule has 3 rings (SSSR count). The summed E-state index contributed by atoms with van der Waals surface area (Å²) in [4.78, 5) is 17.7. The summed E-state index contributed by atoms with van der Waals surface area (Å²) < 4.78 is 1.68. The van der Waals surface area contributed by atoms with Gasteiger partial charge < -0.3 is 5.11 Å². The van der Waals surface area contributed by atoms with E-state index in [1.807, 2.05) is 13.8 Å². The van der Waals surface area contributed by atoms with Crippen LogP contribution in [0.25, 0.3) is 16.2 Å². The Labute approximate surface area is 140 Å². The zero-order chi connectivity index (χ0) is 16.0. The van der Waals surface area contributed by atoms with Crippen molar-refractivity contribution in [3.05, 3.63) is 44.5 Å². The van der Waals surface area contributed by atoms with Gasteiger partial charge in [0.05, 0.1) is 16.4 Å². The Balaban J connectivity index is 2.40. The van der Waals surface area contributed by atoms with E-state index in [9.17, 15) is 9.90 Å². The van der Waals surface area contributed by atoms with E-state index in [-0.39, 0.29) is 5.69 Å². The molecule has 4 nitrogen and oxygen atoms in total. The number of hydrogen-bond donors (Lipinski definition) is 1. The van der Waals surface area contributed by atoms with Crippen molar-refractivity contribution in [1.29, 1.82) is 0 Å². The highest BCUT2D eigenvalue weighted by atomic mass is 35.5. The normalized spacial score (nSPS) is 11.3. The van der Waals surface area contributed by atoms with Crippen molar-refractivity contribution in [2.75, 3.05) is 0 Å². The number of rotatable bonds is 3. The summed E-state index contributed by atoms with van der Waals surface area (Å²) in [7, 11) is 0. The van der Waals surface area contributed by atoms with Crippen LogP contribution >= 0.6 is 34.5 Å². The maximum absolute atomic E-state index is 11.7. The van der Waals surface area contributed by atoms with Crippen molar-refractivity contribution in [1.82, 2.24) is 9.38 Å². The summed E-state index contributed by atoms with van der Waals surface area (Å²) in [6, 6.07) is 5.19. The van der Waals surface area contributed by atoms with E-state index in [0.29, 0.717) is 27.1 Å². The number of fused-ring (bicyclic) bond motifs is 1. The fraction of sp³-hybridized carbons (Fsp3) is 0.200. The summed E-state index contributed by atoms with van der Waals surface area (Å²) in [6.07, 6.45) is 0.558. The van der Waals surface area contributed by atoms with Gasteiger partial charge in [-0.2, -0.15) is 0 Å². The SMILES string of the molecule is CCc1nc2sc(C)c(-c3ccc(Cl)cc3Cl)n2c1C(=O)O. The molecule has 114 valence electrons. The van der Waals surface area contributed by atoms with Crippen LogP contribution in [0, 0.1) is 6.92 Å². The van der Waals surface area contributed by atoms with Crippen molar-refractivity contribution >= 4 is 45.5 Å². The third kappa shape index (κ3) is 2.29. The maximum Gasteiger partial charge on any atom is 0.354 e. The summed E-state index contributed by atoms with van der Waals surface area (Å²) in [5, 5.41) is 10.6. The van der Waals surface area contributed by atoms with Gasteiger partial charge in [0.15, 0.2) is 10.7 Å². The third-order valence-electron chi connectivity index (χ3n) is 3.44. The first-order chi connectivity index (χ1) is 10.4. The first kappa shape index (κ1) is 15.3. The fourth-order valence-corrected chi connectivity index (χ4v) is 4.02. The topological polar surface area (TPSA) is 54.6 Å². The quantitative estimate of drug-likeness (QED) is 0.724. The van der Waals surface area contributed by atoms with E-state index in [0.717, 1.165) is 16.1 Å². The molecule has 0 spiro atoms. The van der Waals surface area contributed by atoms with Gasteiger partial charge in [0.2, 0.25) is 0 Å². The molecule has 22 heavy (non-hydrogen) atoms. The molecular formula is C15H12Cl2N2O2S. The van der Waals surface area contributed by atoms with E-state index in [1.165, 1.54) is 11.3 Å². The summed E-state index contributed by atoms with van der Waals surface area (Å²) in [5.41, 5.74) is 2.27. The monoisotopic (exact) mass is 354 g/mol. The second-order valence-corrected chi connectivity index (χ2v) is 6.84. The smallest absolute Gasteiger partial charge is 0.354 e. The van der Waals surface area contributed by atoms with Crippen LogP contribution in [-0.2, 0) is 6.42 Å². The lowest BCUT2D eigenvalue weighted by molar-refractivity contribution is 0.0688. The zero-order valence-corrected chi connectivity index (χ0v) is 14.2. The number of halogens is 2. The minimum Gasteiger partial charge on any atom is -0.477 e. The second-order valence-electron chi connectivity index (χ2n) is 4.81. The number of hydrogen-bond acceptors (Lipinski definition) is 3. The highest BCUT2D eigenvalue weighted by molar-refractivity contribution is 7.17. The molecule has 0 unspecified atom stereocenters. The van der Waals surface area contributed by atoms with Gasteiger partial charge in [-0.25, -0.2) is 9.78 Å². The molecule has 0 fully saturated rings. The Kier molecular flexibility index (Phi) is 3.89. The van der Waals surface area contributed by atoms with Gasteiger partial charge in [0.25, 0.3) is 0 Å². The lowest BCUT2D eigenvalue weighted by Gasteiger charge is -2.07. The average Bonchev–Trinajstić information content (AvgIpc) is 2.93. The number of benzene rings is 1. The number of thiazole rings is 1. The van der Waals surface area contributed by atoms with Gasteiger partial charge in [-0.05, 0) is 31.5 Å². The van der Waals surface area contributed by atoms with Gasteiger partial charge in [-0.15, -0.1) is 11.3 Å². The molecular weight excluding hydrogens is 343 g/mol. The largest absolute Gasteiger partial charge is 0.477 e. The average molecular weight is 355 g/mol. The molecule has 0 amide bonds. The standard InChI is InChI=1S/C15H12Cl2N2O2S/c1-3-11-13(14(20)21)19-12(7(2)22-15(19)18-11)9-5-4-8(16)6-10(9)17/h4-6H,3H2,1-2H3,(H,20,21). The van der Waals surface area contributed by atoms with Crippen LogP contribution in [0.4, 0.5) is 0 Å². The van der Waals surface area contributed by atoms with Crippen LogP contribution in [0.2, 0.25) is 10.0 Å². The number of aromatic carboxylic acids is 1. The van der Waals surface area contributed by atoms with Crippen molar-refractivity contribution in [3.63, 3.8) is 0 Å². The molecule has 0 saturated carbocycles. The van der Waals surface area contributed by atoms with Crippen molar-refractivity contribution in [3.8, 4) is 11.3 Å². The molecule has 2 heterocycles. The van der Waals surface area contributed by atoms with Gasteiger partial charge >= 0.3 is 5.97 Å². The van der Waals surface area contributed by atoms with Gasteiger partial charge in [-0.1, -0.05) is 30.1 Å². The Morgan fingerprint density at radius 2 is 2.14 bits per heavy atom. The minimum atomic E-state index is -0.992. The summed E-state index contributed by atoms with van der Waals surface area (Å²) in [5.74, 6) is -0.992. The van der Waals surface area contributed by atoms with Crippen molar-refractivity contribution in [2.24, 2.45) is 0 Å². The zero-order valence-electron chi connectivity index (χ0n) is 11.9. The maximum atomic E-state index is 11.7. The Hall–Kier alpha value is -1.56. The number of aromatic nitrogens is 2. The van der Waals surface area contributed by atoms with Crippen LogP contribution in [0.3, 0.4) is 0 Å². The highest BCUT2D eigenvalue weighted by Crippen LogP contribution is 2.37. The Morgan fingerprint density at radius 1 is 1.41 bits per heavy atom. The van der Waals surface area contributed by atoms with E-state index >= 15 is 0 Å². The molecule has 0 atom stereocenters. The molecule has 2 aromatic heterocycles. The van der Waals surface area contributed by atoms with Crippen LogP contribution in [0.5, 0.6) is 0 Å². The van der Waals surface area contributed by atoms with Crippen LogP contribution < -0.4 is 0 Å². The van der Waals surface area contributed by atoms with Crippen LogP contribution in [0.1, 0.15) is 28.0 Å². The molecule has 0 bridgehead atoms. The van der Waals surface area contributed by atoms with Crippen molar-refractivity contribution < 1.29 is 9.90 Å². The number of nitrogens with zero attached hydrogens (tertiary/aromatic N) is 2. The highest BCUT2D eigenvalue weighted by Gasteiger charge is 2.24. The number of carboxylic acids is 1. The predicted molar refractivity (Wildman–Crippen MR) is 89.6 cm³/mol. The van der Waals surface area contributed by atoms with Crippen molar-refractivity contribution in [2.45, 2.75) is 20.3 Å². The molecule has 0 radical (unpaired) electrons. The second kappa shape index (κ2) is 5.57. The van der Waals surface area contributed by atoms with Gasteiger partial charge in [0.1, 0.15) is 0 Å². The Morgan fingerprint density at radius 3 is 2.73 bits per heavy atom. The summed E-state index contributed by atoms with van der Waals surface area (Å²) >= 11 is 13.7. The van der Waals surface area contributed by atoms with Crippen LogP contribution in [0.15, 0.2) is 18.2 Å². The first-order valence-electron chi connectivity index (χ1n) is 6.63. The minimum absolute atomic E-state index is 0.197. The summed E-state index contributed by atoms with van der Waals surface area (Å²) in [6.45, 7) is 3.82. The number of aryl methyl sites for hydroxylation is 2. The number of imidazole rings is 1. The molecule has 0 saturated heterocycles. The molecule has 0 aliphatic carbocycles. The van der Waals surface area contributed by atoms with Crippen LogP contribution in [-0.4, -0.2) is 20.5 Å². The molecule has 1 aromatic carbocycles. The first-order valence-corrected chi connectivity index (χ1v) is 8.20. The van der Waals surface area contributed by atoms with E-state index < -0.39 is 5.97 Å². The third-order valence-corrected chi connectivity index (χ3v) is 4.95. The van der Waals surface area contributed by atoms with E-state index in [4.69, 9.17) is 23.2 Å². The lowest BCUT2D eigenvalue weighted by atomic mass is 10.1. The molecule has 0 aliphatic heterocycles. The lowest BCUT2D eigenvalue weighted by Crippen LogP contribution is -2.06.